The highest BCUT2D eigenvalue weighted by atomic mass is 32.1. The Morgan fingerprint density at radius 2 is 2.31 bits per heavy atom. The number of aromatic amines is 1. The number of hydrogen-bond donors (Lipinski definition) is 1. The van der Waals surface area contributed by atoms with Crippen LogP contribution >= 0.6 is 11.3 Å². The number of fused-ring (bicyclic) bond motifs is 1. The molecule has 0 unspecified atom stereocenters. The van der Waals surface area contributed by atoms with Gasteiger partial charge >= 0.3 is 11.4 Å². The number of rotatable bonds is 1. The van der Waals surface area contributed by atoms with Crippen molar-refractivity contribution in [1.82, 2.24) is 4.98 Å². The first-order chi connectivity index (χ1) is 6.20. The van der Waals surface area contributed by atoms with Crippen LogP contribution in [0.15, 0.2) is 20.1 Å². The monoisotopic (exact) mass is 197 g/mol. The van der Waals surface area contributed by atoms with Gasteiger partial charge in [-0.1, -0.05) is 6.92 Å². The summed E-state index contributed by atoms with van der Waals surface area (Å²) < 4.78 is 4.39. The summed E-state index contributed by atoms with van der Waals surface area (Å²) in [6, 6.07) is 1.75. The molecule has 0 aliphatic rings. The molecule has 0 aliphatic heterocycles. The first kappa shape index (κ1) is 8.25. The van der Waals surface area contributed by atoms with Gasteiger partial charge in [-0.15, -0.1) is 11.3 Å². The number of H-pyrrole nitrogens is 1. The third kappa shape index (κ3) is 1.31. The maximum Gasteiger partial charge on any atom is 0.420 e. The lowest BCUT2D eigenvalue weighted by Gasteiger charge is -1.83. The fourth-order valence-electron chi connectivity index (χ4n) is 1.12. The minimum Gasteiger partial charge on any atom is -0.372 e. The lowest BCUT2D eigenvalue weighted by molar-refractivity contribution is 0.460. The Balaban J connectivity index is 2.91. The van der Waals surface area contributed by atoms with Crippen molar-refractivity contribution in [2.75, 3.05) is 0 Å². The van der Waals surface area contributed by atoms with Gasteiger partial charge in [0.15, 0.2) is 0 Å². The van der Waals surface area contributed by atoms with Crippen LogP contribution in [0.5, 0.6) is 0 Å². The quantitative estimate of drug-likeness (QED) is 0.744. The van der Waals surface area contributed by atoms with Crippen LogP contribution in [0, 0.1) is 0 Å². The van der Waals surface area contributed by atoms with Gasteiger partial charge in [0.25, 0.3) is 0 Å². The Bertz CT molecular complexity index is 548. The number of hydrogen-bond acceptors (Lipinski definition) is 4. The van der Waals surface area contributed by atoms with Crippen molar-refractivity contribution >= 4 is 21.6 Å². The van der Waals surface area contributed by atoms with E-state index >= 15 is 0 Å². The second-order valence-corrected chi connectivity index (χ2v) is 3.75. The summed E-state index contributed by atoms with van der Waals surface area (Å²) >= 11 is 1.41. The van der Waals surface area contributed by atoms with Gasteiger partial charge in [0.05, 0.1) is 5.39 Å². The molecular weight excluding hydrogens is 190 g/mol. The Morgan fingerprint density at radius 1 is 1.54 bits per heavy atom. The SMILES string of the molecule is CCc1cc2c(=O)oc(=O)[nH]c2s1. The Hall–Kier alpha value is -1.36. The van der Waals surface area contributed by atoms with Gasteiger partial charge in [0.2, 0.25) is 0 Å². The molecule has 0 spiro atoms. The molecule has 0 bridgehead atoms. The molecule has 0 saturated carbocycles. The minimum absolute atomic E-state index is 0.460. The zero-order chi connectivity index (χ0) is 9.42. The molecule has 0 aromatic carbocycles. The molecule has 0 radical (unpaired) electrons. The van der Waals surface area contributed by atoms with E-state index in [1.807, 2.05) is 6.92 Å². The molecule has 0 atom stereocenters. The van der Waals surface area contributed by atoms with E-state index in [0.717, 1.165) is 11.3 Å². The fraction of sp³-hybridized carbons (Fsp3) is 0.250. The van der Waals surface area contributed by atoms with Crippen molar-refractivity contribution in [3.8, 4) is 0 Å². The summed E-state index contributed by atoms with van der Waals surface area (Å²) in [7, 11) is 0. The summed E-state index contributed by atoms with van der Waals surface area (Å²) in [5.41, 5.74) is -0.560. The topological polar surface area (TPSA) is 63.1 Å². The second-order valence-electron chi connectivity index (χ2n) is 2.61. The third-order valence-corrected chi connectivity index (χ3v) is 2.95. The predicted molar refractivity (Wildman–Crippen MR) is 50.4 cm³/mol. The van der Waals surface area contributed by atoms with E-state index in [-0.39, 0.29) is 0 Å². The molecule has 2 heterocycles. The number of aromatic nitrogens is 1. The van der Waals surface area contributed by atoms with Crippen LogP contribution < -0.4 is 11.4 Å². The van der Waals surface area contributed by atoms with Crippen molar-refractivity contribution in [3.63, 3.8) is 0 Å². The highest BCUT2D eigenvalue weighted by Gasteiger charge is 2.06. The molecule has 68 valence electrons. The van der Waals surface area contributed by atoms with Crippen LogP contribution in [-0.4, -0.2) is 4.98 Å². The van der Waals surface area contributed by atoms with Crippen molar-refractivity contribution < 1.29 is 4.42 Å². The van der Waals surface area contributed by atoms with E-state index in [1.165, 1.54) is 11.3 Å². The molecule has 2 aromatic heterocycles. The summed E-state index contributed by atoms with van der Waals surface area (Å²) in [6.45, 7) is 1.99. The maximum atomic E-state index is 11.1. The van der Waals surface area contributed by atoms with Gasteiger partial charge in [0, 0.05) is 4.88 Å². The van der Waals surface area contributed by atoms with E-state index in [1.54, 1.807) is 6.07 Å². The highest BCUT2D eigenvalue weighted by Crippen LogP contribution is 2.19. The normalized spacial score (nSPS) is 10.8. The standard InChI is InChI=1S/C8H7NO3S/c1-2-4-3-5-6(13-4)9-8(11)12-7(5)10/h3H,2H2,1H3,(H,9,11). The number of nitrogens with one attached hydrogen (secondary N) is 1. The van der Waals surface area contributed by atoms with E-state index in [4.69, 9.17) is 0 Å². The van der Waals surface area contributed by atoms with Gasteiger partial charge in [-0.2, -0.15) is 0 Å². The van der Waals surface area contributed by atoms with E-state index in [9.17, 15) is 9.59 Å². The average Bonchev–Trinajstić information content (AvgIpc) is 2.47. The van der Waals surface area contributed by atoms with Gasteiger partial charge < -0.3 is 4.42 Å². The van der Waals surface area contributed by atoms with Crippen LogP contribution in [0.2, 0.25) is 0 Å². The molecule has 0 amide bonds. The number of aryl methyl sites for hydroxylation is 1. The Labute approximate surface area is 76.8 Å². The smallest absolute Gasteiger partial charge is 0.372 e. The summed E-state index contributed by atoms with van der Waals surface area (Å²) in [5.74, 6) is -0.693. The summed E-state index contributed by atoms with van der Waals surface area (Å²) in [5, 5.41) is 0.460. The van der Waals surface area contributed by atoms with E-state index in [2.05, 4.69) is 9.40 Å². The molecule has 0 aliphatic carbocycles. The summed E-state index contributed by atoms with van der Waals surface area (Å²) in [6.07, 6.45) is 0.848. The fourth-order valence-corrected chi connectivity index (χ4v) is 2.09. The van der Waals surface area contributed by atoms with E-state index < -0.39 is 11.4 Å². The van der Waals surface area contributed by atoms with Crippen molar-refractivity contribution in [3.05, 3.63) is 31.9 Å². The predicted octanol–water partition coefficient (Wildman–Crippen LogP) is 1.11. The molecule has 0 fully saturated rings. The zero-order valence-electron chi connectivity index (χ0n) is 6.92. The van der Waals surface area contributed by atoms with Gasteiger partial charge in [-0.3, -0.25) is 4.98 Å². The van der Waals surface area contributed by atoms with Crippen molar-refractivity contribution in [2.24, 2.45) is 0 Å². The first-order valence-corrected chi connectivity index (χ1v) is 4.68. The van der Waals surface area contributed by atoms with Crippen LogP contribution in [0.1, 0.15) is 11.8 Å². The largest absolute Gasteiger partial charge is 0.420 e. The van der Waals surface area contributed by atoms with Gasteiger partial charge in [0.1, 0.15) is 4.83 Å². The molecule has 2 rings (SSSR count). The molecule has 2 aromatic rings. The van der Waals surface area contributed by atoms with Crippen LogP contribution in [0.3, 0.4) is 0 Å². The minimum atomic E-state index is -0.693. The van der Waals surface area contributed by atoms with Crippen molar-refractivity contribution in [1.29, 1.82) is 0 Å². The molecule has 13 heavy (non-hydrogen) atoms. The Kier molecular flexibility index (Phi) is 1.81. The molecule has 1 N–H and O–H groups in total. The molecular formula is C8H7NO3S. The van der Waals surface area contributed by atoms with Crippen LogP contribution in [-0.2, 0) is 6.42 Å². The van der Waals surface area contributed by atoms with Gasteiger partial charge in [-0.05, 0) is 12.5 Å². The second kappa shape index (κ2) is 2.85. The Morgan fingerprint density at radius 3 is 3.00 bits per heavy atom. The molecule has 0 saturated heterocycles. The van der Waals surface area contributed by atoms with Crippen LogP contribution in [0.25, 0.3) is 10.2 Å². The highest BCUT2D eigenvalue weighted by molar-refractivity contribution is 7.18. The molecule has 4 nitrogen and oxygen atoms in total. The van der Waals surface area contributed by atoms with Crippen molar-refractivity contribution in [2.45, 2.75) is 13.3 Å². The lowest BCUT2D eigenvalue weighted by atomic mass is 10.3. The third-order valence-electron chi connectivity index (χ3n) is 1.75. The van der Waals surface area contributed by atoms with Crippen LogP contribution in [0.4, 0.5) is 0 Å². The van der Waals surface area contributed by atoms with Gasteiger partial charge in [-0.25, -0.2) is 9.59 Å². The lowest BCUT2D eigenvalue weighted by Crippen LogP contribution is -2.12. The average molecular weight is 197 g/mol. The summed E-state index contributed by atoms with van der Waals surface area (Å²) in [4.78, 5) is 26.1. The van der Waals surface area contributed by atoms with E-state index in [0.29, 0.717) is 10.2 Å². The maximum absolute atomic E-state index is 11.1. The molecule has 5 heteroatoms. The number of thiophene rings is 1. The first-order valence-electron chi connectivity index (χ1n) is 3.86. The zero-order valence-corrected chi connectivity index (χ0v) is 7.73.